The molecule has 4 rings (SSSR count). The summed E-state index contributed by atoms with van der Waals surface area (Å²) < 4.78 is 40.2. The van der Waals surface area contributed by atoms with Crippen LogP contribution in [0.25, 0.3) is 0 Å². The average molecular weight is 360 g/mol. The first-order chi connectivity index (χ1) is 12.4. The van der Waals surface area contributed by atoms with Crippen LogP contribution < -0.4 is 10.6 Å². The Labute approximate surface area is 147 Å². The van der Waals surface area contributed by atoms with E-state index < -0.39 is 34.3 Å². The van der Waals surface area contributed by atoms with Gasteiger partial charge in [0.2, 0.25) is 5.91 Å². The molecule has 1 fully saturated rings. The number of hydrogen-bond acceptors (Lipinski definition) is 2. The smallest absolute Gasteiger partial charge is 0.258 e. The first-order valence-electron chi connectivity index (χ1n) is 8.33. The summed E-state index contributed by atoms with van der Waals surface area (Å²) in [4.78, 5) is 24.7. The van der Waals surface area contributed by atoms with Gasteiger partial charge in [-0.2, -0.15) is 0 Å². The molecule has 1 heterocycles. The maximum absolute atomic E-state index is 13.8. The normalized spacial score (nSPS) is 17.3. The number of carbonyl (C=O) groups is 2. The quantitative estimate of drug-likeness (QED) is 0.792. The molecule has 2 N–H and O–H groups in total. The molecule has 26 heavy (non-hydrogen) atoms. The van der Waals surface area contributed by atoms with Crippen molar-refractivity contribution in [3.8, 4) is 0 Å². The molecule has 7 heteroatoms. The molecular weight excluding hydrogens is 345 g/mol. The fourth-order valence-corrected chi connectivity index (χ4v) is 3.87. The van der Waals surface area contributed by atoms with E-state index in [0.717, 1.165) is 37.3 Å². The van der Waals surface area contributed by atoms with Crippen LogP contribution in [0.4, 0.5) is 24.5 Å². The van der Waals surface area contributed by atoms with E-state index in [2.05, 4.69) is 10.6 Å². The standard InChI is InChI=1S/C19H15F3N2O2/c20-13-5-4-11(15(21)16(13)22)17(25)23-10-3-6-14-12(9-10)19(18(26)24-14)7-1-2-8-19/h3-6,9H,1-2,7-8H2,(H,23,25)(H,24,26). The summed E-state index contributed by atoms with van der Waals surface area (Å²) in [6, 6.07) is 6.53. The number of nitrogens with one attached hydrogen (secondary N) is 2. The van der Waals surface area contributed by atoms with Crippen molar-refractivity contribution in [2.75, 3.05) is 10.6 Å². The first-order valence-corrected chi connectivity index (χ1v) is 8.33. The zero-order valence-electron chi connectivity index (χ0n) is 13.7. The van der Waals surface area contributed by atoms with Crippen LogP contribution in [0.3, 0.4) is 0 Å². The lowest BCUT2D eigenvalue weighted by Crippen LogP contribution is -2.31. The largest absolute Gasteiger partial charge is 0.325 e. The fraction of sp³-hybridized carbons (Fsp3) is 0.263. The van der Waals surface area contributed by atoms with Crippen LogP contribution in [-0.2, 0) is 10.2 Å². The minimum Gasteiger partial charge on any atom is -0.325 e. The van der Waals surface area contributed by atoms with Crippen LogP contribution >= 0.6 is 0 Å². The van der Waals surface area contributed by atoms with Gasteiger partial charge in [0.25, 0.3) is 5.91 Å². The lowest BCUT2D eigenvalue weighted by atomic mass is 9.80. The van der Waals surface area contributed by atoms with Gasteiger partial charge in [-0.15, -0.1) is 0 Å². The summed E-state index contributed by atoms with van der Waals surface area (Å²) in [7, 11) is 0. The summed E-state index contributed by atoms with van der Waals surface area (Å²) in [6.07, 6.45) is 3.37. The lowest BCUT2D eigenvalue weighted by molar-refractivity contribution is -0.120. The number of hydrogen-bond donors (Lipinski definition) is 2. The highest BCUT2D eigenvalue weighted by molar-refractivity contribution is 6.08. The highest BCUT2D eigenvalue weighted by Gasteiger charge is 2.48. The van der Waals surface area contributed by atoms with Gasteiger partial charge in [-0.3, -0.25) is 9.59 Å². The fourth-order valence-electron chi connectivity index (χ4n) is 3.87. The molecule has 1 aliphatic carbocycles. The molecule has 134 valence electrons. The average Bonchev–Trinajstić information content (AvgIpc) is 3.21. The maximum atomic E-state index is 13.8. The van der Waals surface area contributed by atoms with Gasteiger partial charge in [0, 0.05) is 11.4 Å². The summed E-state index contributed by atoms with van der Waals surface area (Å²) >= 11 is 0. The second-order valence-electron chi connectivity index (χ2n) is 6.68. The topological polar surface area (TPSA) is 58.2 Å². The monoisotopic (exact) mass is 360 g/mol. The molecule has 1 saturated carbocycles. The molecule has 2 amide bonds. The van der Waals surface area contributed by atoms with E-state index in [4.69, 9.17) is 0 Å². The number of amides is 2. The Balaban J connectivity index is 1.65. The second kappa shape index (κ2) is 5.86. The second-order valence-corrected chi connectivity index (χ2v) is 6.68. The van der Waals surface area contributed by atoms with Gasteiger partial charge in [0.05, 0.1) is 11.0 Å². The molecular formula is C19H15F3N2O2. The Kier molecular flexibility index (Phi) is 3.75. The van der Waals surface area contributed by atoms with Gasteiger partial charge < -0.3 is 10.6 Å². The predicted molar refractivity (Wildman–Crippen MR) is 89.5 cm³/mol. The molecule has 0 radical (unpaired) electrons. The van der Waals surface area contributed by atoms with Crippen molar-refractivity contribution in [1.29, 1.82) is 0 Å². The number of anilines is 2. The first kappa shape index (κ1) is 16.6. The molecule has 2 aromatic carbocycles. The van der Waals surface area contributed by atoms with Crippen LogP contribution in [0, 0.1) is 17.5 Å². The van der Waals surface area contributed by atoms with E-state index in [9.17, 15) is 22.8 Å². The number of carbonyl (C=O) groups excluding carboxylic acids is 2. The highest BCUT2D eigenvalue weighted by atomic mass is 19.2. The SMILES string of the molecule is O=C(Nc1ccc2c(c1)C1(CCCC1)C(=O)N2)c1ccc(F)c(F)c1F. The lowest BCUT2D eigenvalue weighted by Gasteiger charge is -2.21. The Morgan fingerprint density at radius 3 is 2.50 bits per heavy atom. The third-order valence-corrected chi connectivity index (χ3v) is 5.21. The highest BCUT2D eigenvalue weighted by Crippen LogP contribution is 2.49. The van der Waals surface area contributed by atoms with Crippen molar-refractivity contribution in [3.05, 3.63) is 58.9 Å². The van der Waals surface area contributed by atoms with Crippen LogP contribution in [0.5, 0.6) is 0 Å². The molecule has 0 bridgehead atoms. The predicted octanol–water partition coefficient (Wildman–Crippen LogP) is 4.12. The van der Waals surface area contributed by atoms with Crippen LogP contribution in [0.1, 0.15) is 41.6 Å². The molecule has 0 unspecified atom stereocenters. The van der Waals surface area contributed by atoms with Crippen molar-refractivity contribution >= 4 is 23.2 Å². The molecule has 4 nitrogen and oxygen atoms in total. The van der Waals surface area contributed by atoms with E-state index in [1.807, 2.05) is 0 Å². The number of benzene rings is 2. The van der Waals surface area contributed by atoms with E-state index in [0.29, 0.717) is 17.4 Å². The Hall–Kier alpha value is -2.83. The van der Waals surface area contributed by atoms with Gasteiger partial charge in [-0.05, 0) is 48.7 Å². The Morgan fingerprint density at radius 2 is 1.77 bits per heavy atom. The Morgan fingerprint density at radius 1 is 1.04 bits per heavy atom. The van der Waals surface area contributed by atoms with Crippen molar-refractivity contribution in [2.45, 2.75) is 31.1 Å². The van der Waals surface area contributed by atoms with E-state index >= 15 is 0 Å². The van der Waals surface area contributed by atoms with Gasteiger partial charge in [0.1, 0.15) is 0 Å². The number of fused-ring (bicyclic) bond motifs is 2. The van der Waals surface area contributed by atoms with Crippen molar-refractivity contribution in [3.63, 3.8) is 0 Å². The minimum absolute atomic E-state index is 0.0415. The van der Waals surface area contributed by atoms with Gasteiger partial charge in [0.15, 0.2) is 17.5 Å². The summed E-state index contributed by atoms with van der Waals surface area (Å²) in [5.74, 6) is -5.51. The summed E-state index contributed by atoms with van der Waals surface area (Å²) in [6.45, 7) is 0. The van der Waals surface area contributed by atoms with Crippen molar-refractivity contribution in [2.24, 2.45) is 0 Å². The van der Waals surface area contributed by atoms with Crippen LogP contribution in [0.2, 0.25) is 0 Å². The van der Waals surface area contributed by atoms with E-state index in [1.54, 1.807) is 18.2 Å². The number of rotatable bonds is 2. The molecule has 0 saturated heterocycles. The van der Waals surface area contributed by atoms with Gasteiger partial charge in [-0.25, -0.2) is 13.2 Å². The van der Waals surface area contributed by atoms with Gasteiger partial charge >= 0.3 is 0 Å². The molecule has 1 spiro atoms. The van der Waals surface area contributed by atoms with Gasteiger partial charge in [-0.1, -0.05) is 12.8 Å². The third-order valence-electron chi connectivity index (χ3n) is 5.21. The molecule has 2 aliphatic rings. The zero-order chi connectivity index (χ0) is 18.5. The van der Waals surface area contributed by atoms with Crippen molar-refractivity contribution < 1.29 is 22.8 Å². The molecule has 1 aliphatic heterocycles. The Bertz CT molecular complexity index is 937. The third kappa shape index (κ3) is 2.38. The molecule has 0 aromatic heterocycles. The molecule has 2 aromatic rings. The van der Waals surface area contributed by atoms with Crippen LogP contribution in [-0.4, -0.2) is 11.8 Å². The van der Waals surface area contributed by atoms with Crippen molar-refractivity contribution in [1.82, 2.24) is 0 Å². The van der Waals surface area contributed by atoms with E-state index in [-0.39, 0.29) is 5.91 Å². The summed E-state index contributed by atoms with van der Waals surface area (Å²) in [5.41, 5.74) is 0.704. The van der Waals surface area contributed by atoms with E-state index in [1.165, 1.54) is 0 Å². The summed E-state index contributed by atoms with van der Waals surface area (Å²) in [5, 5.41) is 5.35. The minimum atomic E-state index is -1.69. The number of halogens is 3. The zero-order valence-corrected chi connectivity index (χ0v) is 13.7. The molecule has 0 atom stereocenters. The maximum Gasteiger partial charge on any atom is 0.258 e. The van der Waals surface area contributed by atoms with Crippen LogP contribution in [0.15, 0.2) is 30.3 Å².